The first-order chi connectivity index (χ1) is 26.5. The van der Waals surface area contributed by atoms with E-state index in [0.29, 0.717) is 50.0 Å². The van der Waals surface area contributed by atoms with Crippen molar-refractivity contribution in [2.75, 3.05) is 19.8 Å². The first kappa shape index (κ1) is 41.8. The van der Waals surface area contributed by atoms with E-state index in [1.165, 1.54) is 38.5 Å². The van der Waals surface area contributed by atoms with E-state index in [4.69, 9.17) is 15.2 Å². The molecule has 9 nitrogen and oxygen atoms in total. The average Bonchev–Trinajstić information content (AvgIpc) is 3.94. The van der Waals surface area contributed by atoms with E-state index in [-0.39, 0.29) is 47.8 Å². The van der Waals surface area contributed by atoms with Crippen molar-refractivity contribution in [1.82, 2.24) is 0 Å². The molecule has 0 bridgehead atoms. The molecule has 7 fully saturated rings. The second-order valence-corrected chi connectivity index (χ2v) is 22.2. The van der Waals surface area contributed by atoms with Gasteiger partial charge in [0, 0.05) is 29.8 Å². The summed E-state index contributed by atoms with van der Waals surface area (Å²) in [6.45, 7) is 12.4. The lowest BCUT2D eigenvalue weighted by Gasteiger charge is -2.63. The van der Waals surface area contributed by atoms with Crippen molar-refractivity contribution >= 4 is 5.78 Å². The predicted molar refractivity (Wildman–Crippen MR) is 216 cm³/mol. The van der Waals surface area contributed by atoms with Crippen LogP contribution in [0.5, 0.6) is 0 Å². The minimum absolute atomic E-state index is 0.0262. The van der Waals surface area contributed by atoms with Gasteiger partial charge in [-0.2, -0.15) is 0 Å². The van der Waals surface area contributed by atoms with Gasteiger partial charge in [0.15, 0.2) is 5.78 Å². The quantitative estimate of drug-likeness (QED) is 0.149. The first-order valence-corrected chi connectivity index (χ1v) is 23.4. The van der Waals surface area contributed by atoms with Crippen LogP contribution in [0.4, 0.5) is 0 Å². The highest BCUT2D eigenvalue weighted by atomic mass is 16.6. The molecular formula is C47H79N2O7+. The third kappa shape index (κ3) is 6.75. The molecule has 4 saturated carbocycles. The molecule has 56 heavy (non-hydrogen) atoms. The maximum Gasteiger partial charge on any atom is 0.159 e. The highest BCUT2D eigenvalue weighted by Gasteiger charge is 2.76. The predicted octanol–water partition coefficient (Wildman–Crippen LogP) is 5.55. The number of rotatable bonds is 11. The maximum absolute atomic E-state index is 14.2. The van der Waals surface area contributed by atoms with Gasteiger partial charge in [-0.3, -0.25) is 10.5 Å². The Labute approximate surface area is 337 Å². The third-order valence-electron chi connectivity index (χ3n) is 18.9. The summed E-state index contributed by atoms with van der Waals surface area (Å²) in [6.07, 6.45) is 19.3. The van der Waals surface area contributed by atoms with Gasteiger partial charge in [-0.1, -0.05) is 66.2 Å². The molecule has 8 N–H and O–H groups in total. The van der Waals surface area contributed by atoms with E-state index in [0.717, 1.165) is 75.8 Å². The molecule has 318 valence electrons. The van der Waals surface area contributed by atoms with Crippen LogP contribution in [-0.2, 0) is 14.3 Å². The van der Waals surface area contributed by atoms with Crippen LogP contribution in [0, 0.1) is 57.7 Å². The zero-order valence-electron chi connectivity index (χ0n) is 35.7. The van der Waals surface area contributed by atoms with Gasteiger partial charge in [0.25, 0.3) is 0 Å². The van der Waals surface area contributed by atoms with E-state index in [2.05, 4.69) is 26.1 Å². The number of nitrogens with two attached hydrogens (primary N) is 2. The normalized spacial score (nSPS) is 49.2. The summed E-state index contributed by atoms with van der Waals surface area (Å²) in [4.78, 5) is 14.2. The molecule has 0 aromatic rings. The Morgan fingerprint density at radius 3 is 2.45 bits per heavy atom. The lowest BCUT2D eigenvalue weighted by atomic mass is 9.42. The molecule has 0 spiro atoms. The third-order valence-corrected chi connectivity index (χ3v) is 18.9. The molecule has 2 unspecified atom stereocenters. The zero-order valence-corrected chi connectivity index (χ0v) is 35.7. The number of carbonyl (C=O) groups excluding carboxylic acids is 1. The Morgan fingerprint density at radius 1 is 0.964 bits per heavy atom. The molecule has 0 amide bonds. The molecule has 3 saturated heterocycles. The molecule has 8 aliphatic rings. The fourth-order valence-electron chi connectivity index (χ4n) is 15.1. The fraction of sp³-hybridized carbons (Fsp3) is 0.936. The number of aliphatic hydroxyl groups excluding tert-OH is 2. The molecular weight excluding hydrogens is 705 g/mol. The van der Waals surface area contributed by atoms with Crippen molar-refractivity contribution < 1.29 is 40.0 Å². The summed E-state index contributed by atoms with van der Waals surface area (Å²) >= 11 is 0. The number of carbonyl (C=O) groups is 1. The number of quaternary nitrogens is 1. The fourth-order valence-corrected chi connectivity index (χ4v) is 15.1. The van der Waals surface area contributed by atoms with Gasteiger partial charge in [-0.05, 0) is 137 Å². The van der Waals surface area contributed by atoms with Gasteiger partial charge in [-0.25, -0.2) is 0 Å². The van der Waals surface area contributed by atoms with Crippen molar-refractivity contribution in [3.63, 3.8) is 0 Å². The highest BCUT2D eigenvalue weighted by molar-refractivity contribution is 5.95. The van der Waals surface area contributed by atoms with Crippen LogP contribution in [0.25, 0.3) is 0 Å². The molecule has 3 aliphatic heterocycles. The van der Waals surface area contributed by atoms with Gasteiger partial charge in [0.2, 0.25) is 0 Å². The second-order valence-electron chi connectivity index (χ2n) is 22.2. The number of epoxide rings is 1. The van der Waals surface area contributed by atoms with Gasteiger partial charge in [0.05, 0.1) is 30.5 Å². The monoisotopic (exact) mass is 784 g/mol. The van der Waals surface area contributed by atoms with Crippen molar-refractivity contribution in [2.45, 2.75) is 198 Å². The summed E-state index contributed by atoms with van der Waals surface area (Å²) in [6, 6.07) is 0. The van der Waals surface area contributed by atoms with Crippen molar-refractivity contribution in [2.24, 2.45) is 63.4 Å². The van der Waals surface area contributed by atoms with Crippen LogP contribution in [0.15, 0.2) is 11.6 Å². The number of hydrogen-bond donors (Lipinski definition) is 6. The number of aliphatic hydroxyl groups is 4. The SMILES string of the molecule is C[C@H]1CCO[C@@]([C@@H]2O[C@@H]2[C@](C)(O)[C@](C)(CO)CCC2CC[NH2+]C(N)C2)([C@@H]2CC[C@]3(O)C4=CC(=O)[C@H]5C[C@@H](O)CC[C@]5(C)[C@@H]4[C@@H](CCC4CCCCC4)C[C@]23C)C1. The smallest absolute Gasteiger partial charge is 0.159 e. The number of piperidine rings is 1. The summed E-state index contributed by atoms with van der Waals surface area (Å²) in [7, 11) is 0. The van der Waals surface area contributed by atoms with Gasteiger partial charge in [0.1, 0.15) is 24.0 Å². The zero-order chi connectivity index (χ0) is 39.9. The highest BCUT2D eigenvalue weighted by Crippen LogP contribution is 2.72. The standard InChI is InChI=1S/C47H78N2O7/c1-29-17-22-55-46(26-29,41-40(56-41)45(5,53)42(2,28-50)18-13-31-16-21-49-38(48)23-31)37-15-20-47(54)35-25-36(52)34-24-33(51)14-19-43(34,3)39(35)32(27-44(37,47)4)12-11-30-9-7-6-8-10-30/h25,29-34,37-41,49-51,53-54H,6-24,26-28,48H2,1-5H3/p+1/t29-,31?,32-,33-,34+,37+,38?,39+,40-,41+,42-,43-,44+,45-,46+,47-/m0/s1. The minimum atomic E-state index is -1.30. The Kier molecular flexibility index (Phi) is 11.4. The topological polar surface area (TPSA) is 162 Å². The number of ketones is 1. The lowest BCUT2D eigenvalue weighted by molar-refractivity contribution is -0.699. The van der Waals surface area contributed by atoms with Crippen LogP contribution >= 0.6 is 0 Å². The van der Waals surface area contributed by atoms with Crippen LogP contribution in [0.2, 0.25) is 0 Å². The first-order valence-electron chi connectivity index (χ1n) is 23.4. The lowest BCUT2D eigenvalue weighted by Crippen LogP contribution is -2.94. The van der Waals surface area contributed by atoms with Crippen LogP contribution < -0.4 is 11.1 Å². The number of ether oxygens (including phenoxy) is 2. The van der Waals surface area contributed by atoms with Crippen molar-refractivity contribution in [3.8, 4) is 0 Å². The Bertz CT molecular complexity index is 1480. The number of allylic oxidation sites excluding steroid dienone is 1. The number of fused-ring (bicyclic) bond motifs is 5. The van der Waals surface area contributed by atoms with Crippen LogP contribution in [0.3, 0.4) is 0 Å². The number of hydrogen-bond acceptors (Lipinski definition) is 8. The molecule has 0 aromatic carbocycles. The van der Waals surface area contributed by atoms with Crippen molar-refractivity contribution in [1.29, 1.82) is 0 Å². The van der Waals surface area contributed by atoms with E-state index in [9.17, 15) is 25.2 Å². The average molecular weight is 784 g/mol. The molecule has 8 rings (SSSR count). The van der Waals surface area contributed by atoms with E-state index < -0.39 is 39.8 Å². The largest absolute Gasteiger partial charge is 0.396 e. The van der Waals surface area contributed by atoms with E-state index in [1.54, 1.807) is 0 Å². The molecule has 9 heteroatoms. The Hall–Kier alpha value is -0.910. The maximum atomic E-state index is 14.2. The van der Waals surface area contributed by atoms with Gasteiger partial charge in [-0.15, -0.1) is 0 Å². The molecule has 0 aromatic heterocycles. The summed E-state index contributed by atoms with van der Waals surface area (Å²) < 4.78 is 14.0. The minimum Gasteiger partial charge on any atom is -0.396 e. The van der Waals surface area contributed by atoms with Crippen molar-refractivity contribution in [3.05, 3.63) is 11.6 Å². The summed E-state index contributed by atoms with van der Waals surface area (Å²) in [5, 5.41) is 50.1. The van der Waals surface area contributed by atoms with Gasteiger partial charge >= 0.3 is 0 Å². The summed E-state index contributed by atoms with van der Waals surface area (Å²) in [5.74, 6) is 1.94. The molecule has 5 aliphatic carbocycles. The van der Waals surface area contributed by atoms with Crippen LogP contribution in [0.1, 0.15) is 157 Å². The van der Waals surface area contributed by atoms with Gasteiger partial charge < -0.3 is 35.2 Å². The Balaban J connectivity index is 1.13. The molecule has 16 atom stereocenters. The van der Waals surface area contributed by atoms with E-state index >= 15 is 0 Å². The summed E-state index contributed by atoms with van der Waals surface area (Å²) in [5.41, 5.74) is 2.54. The molecule has 0 radical (unpaired) electrons. The Morgan fingerprint density at radius 2 is 1.73 bits per heavy atom. The van der Waals surface area contributed by atoms with E-state index in [1.807, 2.05) is 19.9 Å². The second kappa shape index (κ2) is 15.2. The molecule has 3 heterocycles. The van der Waals surface area contributed by atoms with Crippen LogP contribution in [-0.4, -0.2) is 87.2 Å².